The third-order valence-electron chi connectivity index (χ3n) is 4.61. The van der Waals surface area contributed by atoms with E-state index in [-0.39, 0.29) is 5.41 Å². The van der Waals surface area contributed by atoms with E-state index in [0.717, 1.165) is 17.6 Å². The summed E-state index contributed by atoms with van der Waals surface area (Å²) >= 11 is 0. The molecule has 19 heavy (non-hydrogen) atoms. The summed E-state index contributed by atoms with van der Waals surface area (Å²) in [5, 5.41) is 9.46. The molecule has 0 fully saturated rings. The maximum atomic E-state index is 11.5. The van der Waals surface area contributed by atoms with Gasteiger partial charge in [0.2, 0.25) is 0 Å². The first kappa shape index (κ1) is 15.5. The van der Waals surface area contributed by atoms with Crippen LogP contribution in [0, 0.1) is 10.8 Å². The lowest BCUT2D eigenvalue weighted by Crippen LogP contribution is -2.41. The average molecular weight is 260 g/mol. The molecule has 1 atom stereocenters. The second-order valence-electron chi connectivity index (χ2n) is 5.99. The Hall–Kier alpha value is -1.57. The first-order valence-corrected chi connectivity index (χ1v) is 6.71. The van der Waals surface area contributed by atoms with Gasteiger partial charge in [-0.25, -0.2) is 0 Å². The van der Waals surface area contributed by atoms with Gasteiger partial charge in [-0.15, -0.1) is 0 Å². The third kappa shape index (κ3) is 3.06. The Morgan fingerprint density at radius 3 is 2.16 bits per heavy atom. The van der Waals surface area contributed by atoms with Crippen molar-refractivity contribution in [2.24, 2.45) is 10.8 Å². The van der Waals surface area contributed by atoms with E-state index in [1.807, 2.05) is 44.2 Å². The molecule has 0 amide bonds. The van der Waals surface area contributed by atoms with Crippen molar-refractivity contribution in [3.63, 3.8) is 0 Å². The van der Waals surface area contributed by atoms with E-state index in [4.69, 9.17) is 0 Å². The summed E-state index contributed by atoms with van der Waals surface area (Å²) in [5.74, 6) is -0.752. The predicted molar refractivity (Wildman–Crippen MR) is 79.9 cm³/mol. The fraction of sp³-hybridized carbons (Fsp3) is 0.471. The van der Waals surface area contributed by atoms with Gasteiger partial charge < -0.3 is 5.11 Å². The Morgan fingerprint density at radius 1 is 1.21 bits per heavy atom. The zero-order valence-electron chi connectivity index (χ0n) is 12.4. The average Bonchev–Trinajstić information content (AvgIpc) is 2.39. The van der Waals surface area contributed by atoms with Crippen LogP contribution >= 0.6 is 0 Å². The number of hydrogen-bond acceptors (Lipinski definition) is 1. The van der Waals surface area contributed by atoms with Crippen LogP contribution in [0.1, 0.15) is 46.1 Å². The van der Waals surface area contributed by atoms with Crippen molar-refractivity contribution < 1.29 is 9.90 Å². The molecule has 0 radical (unpaired) electrons. The molecule has 0 aliphatic rings. The van der Waals surface area contributed by atoms with E-state index in [1.165, 1.54) is 0 Å². The van der Waals surface area contributed by atoms with Crippen LogP contribution in [0.15, 0.2) is 36.9 Å². The molecule has 0 aliphatic carbocycles. The van der Waals surface area contributed by atoms with E-state index in [9.17, 15) is 9.90 Å². The van der Waals surface area contributed by atoms with Crippen LogP contribution in [0.3, 0.4) is 0 Å². The molecule has 1 rings (SSSR count). The highest BCUT2D eigenvalue weighted by molar-refractivity contribution is 5.75. The minimum Gasteiger partial charge on any atom is -0.481 e. The summed E-state index contributed by atoms with van der Waals surface area (Å²) in [4.78, 5) is 11.5. The van der Waals surface area contributed by atoms with Crippen molar-refractivity contribution in [2.75, 3.05) is 0 Å². The molecular weight excluding hydrogens is 236 g/mol. The Morgan fingerprint density at radius 2 is 1.74 bits per heavy atom. The van der Waals surface area contributed by atoms with Crippen LogP contribution in [0.25, 0.3) is 5.57 Å². The number of aliphatic carboxylic acids is 1. The summed E-state index contributed by atoms with van der Waals surface area (Å²) in [6.07, 6.45) is 1.49. The Balaban J connectivity index is 3.00. The van der Waals surface area contributed by atoms with E-state index in [1.54, 1.807) is 13.8 Å². The molecule has 0 heterocycles. The largest absolute Gasteiger partial charge is 0.481 e. The van der Waals surface area contributed by atoms with E-state index in [2.05, 4.69) is 6.58 Å². The minimum atomic E-state index is -0.778. The van der Waals surface area contributed by atoms with Gasteiger partial charge in [0, 0.05) is 0 Å². The SMILES string of the molecule is C=C(CC(C)(CC)C(C)(C)C(=O)O)c1ccccc1. The topological polar surface area (TPSA) is 37.3 Å². The van der Waals surface area contributed by atoms with Crippen molar-refractivity contribution in [2.45, 2.75) is 40.5 Å². The molecule has 1 unspecified atom stereocenters. The molecular formula is C17H24O2. The lowest BCUT2D eigenvalue weighted by atomic mass is 9.62. The number of rotatable bonds is 6. The van der Waals surface area contributed by atoms with Crippen LogP contribution in [0.5, 0.6) is 0 Å². The second-order valence-corrected chi connectivity index (χ2v) is 5.99. The highest BCUT2D eigenvalue weighted by atomic mass is 16.4. The molecule has 0 bridgehead atoms. The predicted octanol–water partition coefficient (Wildman–Crippen LogP) is 4.62. The van der Waals surface area contributed by atoms with E-state index < -0.39 is 11.4 Å². The summed E-state index contributed by atoms with van der Waals surface area (Å²) in [6, 6.07) is 9.97. The van der Waals surface area contributed by atoms with Gasteiger partial charge in [-0.1, -0.05) is 50.8 Å². The Bertz CT molecular complexity index is 459. The number of benzene rings is 1. The molecule has 2 heteroatoms. The zero-order valence-corrected chi connectivity index (χ0v) is 12.4. The first-order chi connectivity index (χ1) is 8.74. The summed E-state index contributed by atoms with van der Waals surface area (Å²) in [6.45, 7) is 11.8. The van der Waals surface area contributed by atoms with Crippen LogP contribution < -0.4 is 0 Å². The number of hydrogen-bond donors (Lipinski definition) is 1. The number of carboxylic acid groups (broad SMARTS) is 1. The second kappa shape index (κ2) is 5.60. The first-order valence-electron chi connectivity index (χ1n) is 6.71. The fourth-order valence-corrected chi connectivity index (χ4v) is 2.29. The summed E-state index contributed by atoms with van der Waals surface area (Å²) in [7, 11) is 0. The van der Waals surface area contributed by atoms with Crippen LogP contribution in [0.2, 0.25) is 0 Å². The van der Waals surface area contributed by atoms with Gasteiger partial charge in [-0.2, -0.15) is 0 Å². The summed E-state index contributed by atoms with van der Waals surface area (Å²) in [5.41, 5.74) is 0.994. The summed E-state index contributed by atoms with van der Waals surface area (Å²) < 4.78 is 0. The maximum absolute atomic E-state index is 11.5. The van der Waals surface area contributed by atoms with Gasteiger partial charge in [0.1, 0.15) is 0 Å². The molecule has 0 aromatic heterocycles. The van der Waals surface area contributed by atoms with E-state index >= 15 is 0 Å². The lowest BCUT2D eigenvalue weighted by Gasteiger charge is -2.41. The van der Waals surface area contributed by atoms with Gasteiger partial charge in [0.05, 0.1) is 5.41 Å². The highest BCUT2D eigenvalue weighted by Crippen LogP contribution is 2.47. The molecule has 1 aromatic carbocycles. The lowest BCUT2D eigenvalue weighted by molar-refractivity contribution is -0.154. The van der Waals surface area contributed by atoms with Crippen molar-refractivity contribution in [3.8, 4) is 0 Å². The zero-order chi connectivity index (χ0) is 14.7. The van der Waals surface area contributed by atoms with Gasteiger partial charge in [0.25, 0.3) is 0 Å². The maximum Gasteiger partial charge on any atom is 0.309 e. The van der Waals surface area contributed by atoms with Gasteiger partial charge in [-0.05, 0) is 43.2 Å². The van der Waals surface area contributed by atoms with Crippen molar-refractivity contribution in [1.29, 1.82) is 0 Å². The molecule has 0 saturated heterocycles. The quantitative estimate of drug-likeness (QED) is 0.810. The van der Waals surface area contributed by atoms with Gasteiger partial charge in [-0.3, -0.25) is 4.79 Å². The molecule has 104 valence electrons. The fourth-order valence-electron chi connectivity index (χ4n) is 2.29. The minimum absolute atomic E-state index is 0.314. The molecule has 1 aromatic rings. The van der Waals surface area contributed by atoms with E-state index in [0.29, 0.717) is 6.42 Å². The third-order valence-corrected chi connectivity index (χ3v) is 4.61. The normalized spacial score (nSPS) is 14.7. The van der Waals surface area contributed by atoms with Crippen molar-refractivity contribution in [3.05, 3.63) is 42.5 Å². The number of carboxylic acids is 1. The van der Waals surface area contributed by atoms with Crippen molar-refractivity contribution in [1.82, 2.24) is 0 Å². The Labute approximate surface area is 116 Å². The molecule has 0 spiro atoms. The molecule has 0 aliphatic heterocycles. The van der Waals surface area contributed by atoms with Crippen LogP contribution in [-0.4, -0.2) is 11.1 Å². The van der Waals surface area contributed by atoms with Gasteiger partial charge in [0.15, 0.2) is 0 Å². The number of allylic oxidation sites excluding steroid dienone is 1. The Kier molecular flexibility index (Phi) is 4.56. The molecule has 1 N–H and O–H groups in total. The van der Waals surface area contributed by atoms with Crippen LogP contribution in [0.4, 0.5) is 0 Å². The smallest absolute Gasteiger partial charge is 0.309 e. The monoisotopic (exact) mass is 260 g/mol. The van der Waals surface area contributed by atoms with Gasteiger partial charge >= 0.3 is 5.97 Å². The highest BCUT2D eigenvalue weighted by Gasteiger charge is 2.45. The van der Waals surface area contributed by atoms with Crippen LogP contribution in [-0.2, 0) is 4.79 Å². The van der Waals surface area contributed by atoms with Crippen molar-refractivity contribution >= 4 is 11.5 Å². The molecule has 2 nitrogen and oxygen atoms in total. The molecule has 0 saturated carbocycles. The number of carbonyl (C=O) groups is 1. The standard InChI is InChI=1S/C17H24O2/c1-6-17(5,16(3,4)15(18)19)12-13(2)14-10-8-7-9-11-14/h7-11H,2,6,12H2,1,3-5H3,(H,18,19).